The van der Waals surface area contributed by atoms with E-state index in [-0.39, 0.29) is 11.7 Å². The standard InChI is InChI=1S/C17H16N4O2S/c1-12-18-17(21-20-12)24-11-16(22)19-13-7-9-15(10-8-13)23-14-5-3-2-4-6-14/h2-10H,11H2,1H3,(H,19,22)(H,18,20,21). The highest BCUT2D eigenvalue weighted by Crippen LogP contribution is 2.22. The van der Waals surface area contributed by atoms with Gasteiger partial charge in [-0.05, 0) is 43.3 Å². The van der Waals surface area contributed by atoms with Crippen LogP contribution in [0.5, 0.6) is 11.5 Å². The van der Waals surface area contributed by atoms with Gasteiger partial charge in [0.25, 0.3) is 0 Å². The summed E-state index contributed by atoms with van der Waals surface area (Å²) >= 11 is 1.28. The third-order valence-electron chi connectivity index (χ3n) is 3.03. The highest BCUT2D eigenvalue weighted by molar-refractivity contribution is 7.99. The van der Waals surface area contributed by atoms with Gasteiger partial charge in [0.1, 0.15) is 17.3 Å². The van der Waals surface area contributed by atoms with Crippen LogP contribution in [-0.2, 0) is 4.79 Å². The van der Waals surface area contributed by atoms with Gasteiger partial charge in [-0.25, -0.2) is 4.98 Å². The number of nitrogens with one attached hydrogen (secondary N) is 2. The predicted octanol–water partition coefficient (Wildman–Crippen LogP) is 3.64. The van der Waals surface area contributed by atoms with Crippen molar-refractivity contribution in [1.29, 1.82) is 0 Å². The minimum absolute atomic E-state index is 0.112. The number of thioether (sulfide) groups is 1. The highest BCUT2D eigenvalue weighted by atomic mass is 32.2. The number of ether oxygens (including phenoxy) is 1. The summed E-state index contributed by atoms with van der Waals surface area (Å²) in [5.41, 5.74) is 0.715. The lowest BCUT2D eigenvalue weighted by Crippen LogP contribution is -2.14. The van der Waals surface area contributed by atoms with Gasteiger partial charge in [-0.1, -0.05) is 30.0 Å². The van der Waals surface area contributed by atoms with Gasteiger partial charge in [0, 0.05) is 5.69 Å². The number of carbonyl (C=O) groups is 1. The maximum atomic E-state index is 11.9. The number of hydrogen-bond acceptors (Lipinski definition) is 5. The first kappa shape index (κ1) is 16.1. The molecule has 0 unspecified atom stereocenters. The Morgan fingerprint density at radius 2 is 1.83 bits per heavy atom. The summed E-state index contributed by atoms with van der Waals surface area (Å²) < 4.78 is 5.71. The SMILES string of the molecule is Cc1nc(SCC(=O)Nc2ccc(Oc3ccccc3)cc2)n[nH]1. The molecule has 1 aromatic heterocycles. The minimum Gasteiger partial charge on any atom is -0.457 e. The van der Waals surface area contributed by atoms with E-state index in [1.807, 2.05) is 49.4 Å². The Kier molecular flexibility index (Phi) is 5.12. The summed E-state index contributed by atoms with van der Waals surface area (Å²) in [5.74, 6) is 2.35. The van der Waals surface area contributed by atoms with Crippen LogP contribution in [0.3, 0.4) is 0 Å². The van der Waals surface area contributed by atoms with Gasteiger partial charge in [-0.3, -0.25) is 9.89 Å². The Balaban J connectivity index is 1.51. The van der Waals surface area contributed by atoms with Gasteiger partial charge >= 0.3 is 0 Å². The number of benzene rings is 2. The van der Waals surface area contributed by atoms with Crippen molar-refractivity contribution in [2.24, 2.45) is 0 Å². The Labute approximate surface area is 143 Å². The number of hydrogen-bond donors (Lipinski definition) is 2. The molecule has 2 aromatic carbocycles. The van der Waals surface area contributed by atoms with Crippen molar-refractivity contribution in [3.8, 4) is 11.5 Å². The van der Waals surface area contributed by atoms with E-state index < -0.39 is 0 Å². The van der Waals surface area contributed by atoms with Gasteiger partial charge < -0.3 is 10.1 Å². The number of H-pyrrole nitrogens is 1. The quantitative estimate of drug-likeness (QED) is 0.670. The van der Waals surface area contributed by atoms with Crippen LogP contribution >= 0.6 is 11.8 Å². The fourth-order valence-corrected chi connectivity index (χ4v) is 2.59. The molecule has 24 heavy (non-hydrogen) atoms. The van der Waals surface area contributed by atoms with Crippen molar-refractivity contribution >= 4 is 23.4 Å². The molecule has 1 heterocycles. The fourth-order valence-electron chi connectivity index (χ4n) is 1.94. The van der Waals surface area contributed by atoms with Crippen LogP contribution in [0.2, 0.25) is 0 Å². The summed E-state index contributed by atoms with van der Waals surface area (Å²) in [4.78, 5) is 16.1. The molecule has 0 aliphatic rings. The molecular weight excluding hydrogens is 324 g/mol. The number of para-hydroxylation sites is 1. The van der Waals surface area contributed by atoms with E-state index >= 15 is 0 Å². The molecule has 0 spiro atoms. The van der Waals surface area contributed by atoms with Gasteiger partial charge in [0.05, 0.1) is 5.75 Å². The molecule has 3 rings (SSSR count). The number of carbonyl (C=O) groups excluding carboxylic acids is 1. The van der Waals surface area contributed by atoms with Crippen LogP contribution in [-0.4, -0.2) is 26.8 Å². The molecular formula is C17H16N4O2S. The topological polar surface area (TPSA) is 79.9 Å². The predicted molar refractivity (Wildman–Crippen MR) is 93.4 cm³/mol. The molecule has 3 aromatic rings. The first-order valence-electron chi connectivity index (χ1n) is 7.34. The van der Waals surface area contributed by atoms with Crippen LogP contribution in [0.15, 0.2) is 59.8 Å². The fraction of sp³-hybridized carbons (Fsp3) is 0.118. The second kappa shape index (κ2) is 7.65. The molecule has 0 radical (unpaired) electrons. The number of amides is 1. The van der Waals surface area contributed by atoms with Gasteiger partial charge in [0.2, 0.25) is 11.1 Å². The zero-order valence-corrected chi connectivity index (χ0v) is 13.8. The van der Waals surface area contributed by atoms with Crippen LogP contribution < -0.4 is 10.1 Å². The lowest BCUT2D eigenvalue weighted by atomic mass is 10.3. The van der Waals surface area contributed by atoms with Gasteiger partial charge in [-0.2, -0.15) is 0 Å². The number of aromatic amines is 1. The second-order valence-corrected chi connectivity index (χ2v) is 5.92. The number of aromatic nitrogens is 3. The van der Waals surface area contributed by atoms with E-state index in [1.165, 1.54) is 11.8 Å². The van der Waals surface area contributed by atoms with Crippen molar-refractivity contribution in [1.82, 2.24) is 15.2 Å². The van der Waals surface area contributed by atoms with Crippen molar-refractivity contribution in [3.05, 3.63) is 60.4 Å². The molecule has 0 saturated heterocycles. The molecule has 0 aliphatic heterocycles. The molecule has 1 amide bonds. The van der Waals surface area contributed by atoms with E-state index in [0.717, 1.165) is 11.6 Å². The third kappa shape index (κ3) is 4.60. The van der Waals surface area contributed by atoms with Gasteiger partial charge in [0.15, 0.2) is 0 Å². The summed E-state index contributed by atoms with van der Waals surface area (Å²) in [6, 6.07) is 16.8. The zero-order chi connectivity index (χ0) is 16.8. The Bertz CT molecular complexity index is 803. The van der Waals surface area contributed by atoms with Crippen LogP contribution in [0.1, 0.15) is 5.82 Å². The average Bonchev–Trinajstić information content (AvgIpc) is 3.01. The number of nitrogens with zero attached hydrogens (tertiary/aromatic N) is 2. The third-order valence-corrected chi connectivity index (χ3v) is 3.87. The number of anilines is 1. The average molecular weight is 340 g/mol. The van der Waals surface area contributed by atoms with E-state index in [9.17, 15) is 4.79 Å². The normalized spacial score (nSPS) is 10.4. The molecule has 6 nitrogen and oxygen atoms in total. The van der Waals surface area contributed by atoms with E-state index in [1.54, 1.807) is 12.1 Å². The maximum Gasteiger partial charge on any atom is 0.234 e. The minimum atomic E-state index is -0.112. The number of aryl methyl sites for hydroxylation is 1. The van der Waals surface area contributed by atoms with Gasteiger partial charge in [-0.15, -0.1) is 5.10 Å². The summed E-state index contributed by atoms with van der Waals surface area (Å²) in [5, 5.41) is 10.1. The molecule has 0 atom stereocenters. The largest absolute Gasteiger partial charge is 0.457 e. The monoisotopic (exact) mass is 340 g/mol. The Morgan fingerprint density at radius 3 is 2.50 bits per heavy atom. The highest BCUT2D eigenvalue weighted by Gasteiger charge is 2.07. The van der Waals surface area contributed by atoms with Crippen molar-refractivity contribution in [2.45, 2.75) is 12.1 Å². The summed E-state index contributed by atoms with van der Waals surface area (Å²) in [6.07, 6.45) is 0. The second-order valence-electron chi connectivity index (χ2n) is 4.98. The molecule has 122 valence electrons. The number of rotatable bonds is 6. The van der Waals surface area contributed by atoms with Crippen LogP contribution in [0.4, 0.5) is 5.69 Å². The van der Waals surface area contributed by atoms with Crippen molar-refractivity contribution in [2.75, 3.05) is 11.1 Å². The maximum absolute atomic E-state index is 11.9. The summed E-state index contributed by atoms with van der Waals surface area (Å²) in [7, 11) is 0. The lowest BCUT2D eigenvalue weighted by Gasteiger charge is -2.07. The molecule has 7 heteroatoms. The Morgan fingerprint density at radius 1 is 1.12 bits per heavy atom. The van der Waals surface area contributed by atoms with Crippen molar-refractivity contribution in [3.63, 3.8) is 0 Å². The molecule has 0 aliphatic carbocycles. The first-order valence-corrected chi connectivity index (χ1v) is 8.32. The van der Waals surface area contributed by atoms with E-state index in [2.05, 4.69) is 20.5 Å². The smallest absolute Gasteiger partial charge is 0.234 e. The molecule has 2 N–H and O–H groups in total. The summed E-state index contributed by atoms with van der Waals surface area (Å²) in [6.45, 7) is 1.82. The Hall–Kier alpha value is -2.80. The molecule has 0 fully saturated rings. The van der Waals surface area contributed by atoms with Crippen LogP contribution in [0.25, 0.3) is 0 Å². The first-order chi connectivity index (χ1) is 11.7. The van der Waals surface area contributed by atoms with Crippen molar-refractivity contribution < 1.29 is 9.53 Å². The molecule has 0 bridgehead atoms. The zero-order valence-electron chi connectivity index (χ0n) is 13.0. The van der Waals surface area contributed by atoms with E-state index in [4.69, 9.17) is 4.74 Å². The lowest BCUT2D eigenvalue weighted by molar-refractivity contribution is -0.113. The molecule has 0 saturated carbocycles. The van der Waals surface area contributed by atoms with E-state index in [0.29, 0.717) is 16.6 Å². The van der Waals surface area contributed by atoms with Crippen LogP contribution in [0, 0.1) is 6.92 Å².